The lowest BCUT2D eigenvalue weighted by molar-refractivity contribution is -0.116. The zero-order chi connectivity index (χ0) is 23.6. The Morgan fingerprint density at radius 3 is 2.29 bits per heavy atom. The van der Waals surface area contributed by atoms with E-state index in [1.54, 1.807) is 43.3 Å². The van der Waals surface area contributed by atoms with E-state index in [4.69, 9.17) is 11.6 Å². The standard InChI is InChI=1S/C22H28ClN3O4S/c1-14-11-12-16(23)13-19(14)26(31(6,29)30)15(2)20(27)24-18-10-8-7-9-17(18)21(28)25-22(3,4)5/h7-13,15H,1-6H3,(H,24,27)(H,25,28). The van der Waals surface area contributed by atoms with Crippen molar-refractivity contribution in [3.63, 3.8) is 0 Å². The van der Waals surface area contributed by atoms with E-state index in [0.29, 0.717) is 16.3 Å². The van der Waals surface area contributed by atoms with Gasteiger partial charge in [-0.2, -0.15) is 0 Å². The molecule has 0 heterocycles. The highest BCUT2D eigenvalue weighted by molar-refractivity contribution is 7.92. The number of sulfonamides is 1. The number of carbonyl (C=O) groups excluding carboxylic acids is 2. The van der Waals surface area contributed by atoms with Crippen molar-refractivity contribution >= 4 is 44.8 Å². The molecule has 9 heteroatoms. The van der Waals surface area contributed by atoms with Crippen LogP contribution in [0.4, 0.5) is 11.4 Å². The highest BCUT2D eigenvalue weighted by Crippen LogP contribution is 2.29. The van der Waals surface area contributed by atoms with Crippen LogP contribution in [-0.4, -0.2) is 38.1 Å². The molecule has 0 aliphatic heterocycles. The van der Waals surface area contributed by atoms with Crippen LogP contribution in [-0.2, 0) is 14.8 Å². The molecule has 1 atom stereocenters. The van der Waals surface area contributed by atoms with Gasteiger partial charge in [0.1, 0.15) is 6.04 Å². The molecule has 31 heavy (non-hydrogen) atoms. The molecule has 0 radical (unpaired) electrons. The number of nitrogens with zero attached hydrogens (tertiary/aromatic N) is 1. The summed E-state index contributed by atoms with van der Waals surface area (Å²) in [6, 6.07) is 10.3. The highest BCUT2D eigenvalue weighted by Gasteiger charge is 2.31. The van der Waals surface area contributed by atoms with Gasteiger partial charge in [-0.1, -0.05) is 29.8 Å². The largest absolute Gasteiger partial charge is 0.347 e. The first-order chi connectivity index (χ1) is 14.2. The minimum Gasteiger partial charge on any atom is -0.347 e. The van der Waals surface area contributed by atoms with Crippen molar-refractivity contribution in [3.8, 4) is 0 Å². The van der Waals surface area contributed by atoms with Gasteiger partial charge in [0.2, 0.25) is 15.9 Å². The number of para-hydroxylation sites is 1. The predicted molar refractivity (Wildman–Crippen MR) is 125 cm³/mol. The normalized spacial score (nSPS) is 12.7. The summed E-state index contributed by atoms with van der Waals surface area (Å²) in [6.07, 6.45) is 1.03. The SMILES string of the molecule is Cc1ccc(Cl)cc1N(C(C)C(=O)Nc1ccccc1C(=O)NC(C)(C)C)S(C)(=O)=O. The Morgan fingerprint density at radius 2 is 1.71 bits per heavy atom. The fraction of sp³-hybridized carbons (Fsp3) is 0.364. The monoisotopic (exact) mass is 465 g/mol. The lowest BCUT2D eigenvalue weighted by Gasteiger charge is -2.30. The molecule has 0 saturated carbocycles. The highest BCUT2D eigenvalue weighted by atomic mass is 35.5. The van der Waals surface area contributed by atoms with E-state index >= 15 is 0 Å². The molecule has 2 rings (SSSR count). The molecule has 1 unspecified atom stereocenters. The molecule has 0 saturated heterocycles. The van der Waals surface area contributed by atoms with Crippen LogP contribution >= 0.6 is 11.6 Å². The van der Waals surface area contributed by atoms with Crippen molar-refractivity contribution in [1.29, 1.82) is 0 Å². The van der Waals surface area contributed by atoms with Crippen molar-refractivity contribution in [2.24, 2.45) is 0 Å². The average Bonchev–Trinajstić information content (AvgIpc) is 2.62. The van der Waals surface area contributed by atoms with E-state index in [1.807, 2.05) is 20.8 Å². The second kappa shape index (κ2) is 9.28. The van der Waals surface area contributed by atoms with Gasteiger partial charge in [0.25, 0.3) is 5.91 Å². The predicted octanol–water partition coefficient (Wildman–Crippen LogP) is 3.97. The Balaban J connectivity index is 2.39. The summed E-state index contributed by atoms with van der Waals surface area (Å²) in [4.78, 5) is 25.7. The summed E-state index contributed by atoms with van der Waals surface area (Å²) >= 11 is 6.07. The van der Waals surface area contributed by atoms with Crippen LogP contribution in [0.5, 0.6) is 0 Å². The number of anilines is 2. The number of hydrogen-bond acceptors (Lipinski definition) is 4. The Kier molecular flexibility index (Phi) is 7.39. The summed E-state index contributed by atoms with van der Waals surface area (Å²) in [5.41, 5.74) is 1.08. The van der Waals surface area contributed by atoms with Gasteiger partial charge in [0, 0.05) is 10.6 Å². The maximum atomic E-state index is 13.0. The van der Waals surface area contributed by atoms with E-state index in [9.17, 15) is 18.0 Å². The zero-order valence-electron chi connectivity index (χ0n) is 18.5. The minimum atomic E-state index is -3.81. The second-order valence-electron chi connectivity index (χ2n) is 8.40. The maximum absolute atomic E-state index is 13.0. The number of rotatable bonds is 6. The van der Waals surface area contributed by atoms with Gasteiger partial charge < -0.3 is 10.6 Å². The van der Waals surface area contributed by atoms with Crippen molar-refractivity contribution < 1.29 is 18.0 Å². The first-order valence-electron chi connectivity index (χ1n) is 9.68. The van der Waals surface area contributed by atoms with Gasteiger partial charge in [-0.3, -0.25) is 13.9 Å². The average molecular weight is 466 g/mol. The third-order valence-corrected chi connectivity index (χ3v) is 5.88. The van der Waals surface area contributed by atoms with Crippen LogP contribution in [0, 0.1) is 6.92 Å². The first kappa shape index (κ1) is 24.7. The van der Waals surface area contributed by atoms with E-state index in [0.717, 1.165) is 10.6 Å². The third kappa shape index (κ3) is 6.45. The molecule has 7 nitrogen and oxygen atoms in total. The number of amides is 2. The molecule has 2 N–H and O–H groups in total. The van der Waals surface area contributed by atoms with Crippen molar-refractivity contribution in [3.05, 3.63) is 58.6 Å². The minimum absolute atomic E-state index is 0.280. The molecule has 0 aromatic heterocycles. The van der Waals surface area contributed by atoms with Crippen LogP contribution in [0.15, 0.2) is 42.5 Å². The van der Waals surface area contributed by atoms with Gasteiger partial charge in [-0.25, -0.2) is 8.42 Å². The van der Waals surface area contributed by atoms with Gasteiger partial charge in [-0.05, 0) is 64.4 Å². The lowest BCUT2D eigenvalue weighted by Crippen LogP contribution is -2.46. The molecule has 168 valence electrons. The first-order valence-corrected chi connectivity index (χ1v) is 11.9. The zero-order valence-corrected chi connectivity index (χ0v) is 20.1. The van der Waals surface area contributed by atoms with Gasteiger partial charge in [-0.15, -0.1) is 0 Å². The summed E-state index contributed by atoms with van der Waals surface area (Å²) in [6.45, 7) is 8.78. The van der Waals surface area contributed by atoms with Crippen molar-refractivity contribution in [2.45, 2.75) is 46.2 Å². The molecule has 0 bridgehead atoms. The van der Waals surface area contributed by atoms with Crippen molar-refractivity contribution in [2.75, 3.05) is 15.9 Å². The molecule has 0 fully saturated rings. The van der Waals surface area contributed by atoms with Gasteiger partial charge in [0.05, 0.1) is 23.2 Å². The molecule has 2 amide bonds. The summed E-state index contributed by atoms with van der Waals surface area (Å²) in [7, 11) is -3.81. The number of hydrogen-bond donors (Lipinski definition) is 2. The number of halogens is 1. The fourth-order valence-corrected chi connectivity index (χ4v) is 4.43. The Bertz CT molecular complexity index is 1090. The smallest absolute Gasteiger partial charge is 0.253 e. The third-order valence-electron chi connectivity index (χ3n) is 4.42. The quantitative estimate of drug-likeness (QED) is 0.674. The topological polar surface area (TPSA) is 95.6 Å². The Labute approximate surface area is 188 Å². The molecule has 0 aliphatic carbocycles. The number of aryl methyl sites for hydroxylation is 1. The Hall–Kier alpha value is -2.58. The molecular formula is C22H28ClN3O4S. The van der Waals surface area contributed by atoms with Crippen molar-refractivity contribution in [1.82, 2.24) is 5.32 Å². The molecule has 0 aliphatic rings. The molecule has 2 aromatic carbocycles. The van der Waals surface area contributed by atoms with E-state index in [-0.39, 0.29) is 17.2 Å². The fourth-order valence-electron chi connectivity index (χ4n) is 3.04. The van der Waals surface area contributed by atoms with Crippen LogP contribution in [0.1, 0.15) is 43.6 Å². The van der Waals surface area contributed by atoms with Gasteiger partial charge >= 0.3 is 0 Å². The van der Waals surface area contributed by atoms with Crippen LogP contribution in [0.25, 0.3) is 0 Å². The van der Waals surface area contributed by atoms with Crippen LogP contribution in [0.3, 0.4) is 0 Å². The van der Waals surface area contributed by atoms with Crippen LogP contribution < -0.4 is 14.9 Å². The maximum Gasteiger partial charge on any atom is 0.253 e. The summed E-state index contributed by atoms with van der Waals surface area (Å²) in [5.74, 6) is -0.928. The molecule has 2 aromatic rings. The summed E-state index contributed by atoms with van der Waals surface area (Å²) < 4.78 is 26.2. The number of nitrogens with one attached hydrogen (secondary N) is 2. The number of benzene rings is 2. The van der Waals surface area contributed by atoms with E-state index < -0.39 is 27.5 Å². The van der Waals surface area contributed by atoms with Crippen LogP contribution in [0.2, 0.25) is 5.02 Å². The van der Waals surface area contributed by atoms with Gasteiger partial charge in [0.15, 0.2) is 0 Å². The van der Waals surface area contributed by atoms with E-state index in [2.05, 4.69) is 10.6 Å². The second-order valence-corrected chi connectivity index (χ2v) is 10.7. The lowest BCUT2D eigenvalue weighted by atomic mass is 10.1. The molecule has 0 spiro atoms. The Morgan fingerprint density at radius 1 is 1.10 bits per heavy atom. The molecular weight excluding hydrogens is 438 g/mol. The number of carbonyl (C=O) groups is 2. The summed E-state index contributed by atoms with van der Waals surface area (Å²) in [5, 5.41) is 5.90. The van der Waals surface area contributed by atoms with E-state index in [1.165, 1.54) is 13.0 Å².